The van der Waals surface area contributed by atoms with Crippen LogP contribution in [0.15, 0.2) is 24.3 Å². The molecule has 24 heavy (non-hydrogen) atoms. The Labute approximate surface area is 135 Å². The molecule has 0 fully saturated rings. The summed E-state index contributed by atoms with van der Waals surface area (Å²) in [6.45, 7) is 2.04. The Morgan fingerprint density at radius 1 is 1.12 bits per heavy atom. The largest absolute Gasteiger partial charge is 0.478 e. The van der Waals surface area contributed by atoms with E-state index < -0.39 is 12.0 Å². The van der Waals surface area contributed by atoms with Crippen LogP contribution in [0, 0.1) is 0 Å². The monoisotopic (exact) mass is 337 g/mol. The molecule has 0 unspecified atom stereocenters. The van der Waals surface area contributed by atoms with E-state index in [0.717, 1.165) is 12.0 Å². The van der Waals surface area contributed by atoms with Gasteiger partial charge in [0.2, 0.25) is 5.82 Å². The molecule has 2 heterocycles. The van der Waals surface area contributed by atoms with Gasteiger partial charge in [-0.05, 0) is 24.1 Å². The average Bonchev–Trinajstić information content (AvgIpc) is 2.98. The highest BCUT2D eigenvalue weighted by Crippen LogP contribution is 2.30. The number of imidazole rings is 1. The number of anilines is 2. The number of ether oxygens (including phenoxy) is 1. The fourth-order valence-corrected chi connectivity index (χ4v) is 2.14. The fraction of sp³-hybridized carbons (Fsp3) is 0.267. The predicted octanol–water partition coefficient (Wildman–Crippen LogP) is 3.69. The molecule has 0 aliphatic heterocycles. The third kappa shape index (κ3) is 3.10. The highest BCUT2D eigenvalue weighted by molar-refractivity contribution is 5.72. The Balaban J connectivity index is 1.99. The van der Waals surface area contributed by atoms with Crippen molar-refractivity contribution in [2.24, 2.45) is 0 Å². The summed E-state index contributed by atoms with van der Waals surface area (Å²) in [5.41, 5.74) is 1.64. The van der Waals surface area contributed by atoms with Crippen molar-refractivity contribution in [3.8, 4) is 5.88 Å². The topological polar surface area (TPSA) is 75.7 Å². The summed E-state index contributed by atoms with van der Waals surface area (Å²) in [5, 5.41) is 2.98. The quantitative estimate of drug-likeness (QED) is 0.759. The SMILES string of the molecule is CCc1ccc(Nc2nc3nc(C(F)(F)F)[nH]c3nc2OC)cc1. The first-order valence-electron chi connectivity index (χ1n) is 7.15. The van der Waals surface area contributed by atoms with Gasteiger partial charge in [0.25, 0.3) is 5.88 Å². The maximum absolute atomic E-state index is 12.7. The van der Waals surface area contributed by atoms with E-state index in [9.17, 15) is 13.2 Å². The van der Waals surface area contributed by atoms with Gasteiger partial charge in [0.15, 0.2) is 17.1 Å². The number of hydrogen-bond acceptors (Lipinski definition) is 5. The van der Waals surface area contributed by atoms with Crippen molar-refractivity contribution in [2.45, 2.75) is 19.5 Å². The van der Waals surface area contributed by atoms with Crippen LogP contribution in [0.25, 0.3) is 11.3 Å². The van der Waals surface area contributed by atoms with Crippen LogP contribution in [0.5, 0.6) is 5.88 Å². The molecule has 0 saturated carbocycles. The van der Waals surface area contributed by atoms with E-state index in [1.165, 1.54) is 7.11 Å². The highest BCUT2D eigenvalue weighted by atomic mass is 19.4. The third-order valence-corrected chi connectivity index (χ3v) is 3.39. The van der Waals surface area contributed by atoms with Crippen LogP contribution in [0.1, 0.15) is 18.3 Å². The molecule has 9 heteroatoms. The molecule has 0 radical (unpaired) electrons. The summed E-state index contributed by atoms with van der Waals surface area (Å²) in [5.74, 6) is -0.891. The molecule has 3 aromatic rings. The van der Waals surface area contributed by atoms with E-state index in [-0.39, 0.29) is 23.0 Å². The molecule has 126 valence electrons. The Hall–Kier alpha value is -2.84. The van der Waals surface area contributed by atoms with Gasteiger partial charge < -0.3 is 15.0 Å². The number of benzene rings is 1. The number of halogens is 3. The van der Waals surface area contributed by atoms with E-state index >= 15 is 0 Å². The zero-order chi connectivity index (χ0) is 17.3. The fourth-order valence-electron chi connectivity index (χ4n) is 2.14. The van der Waals surface area contributed by atoms with Crippen molar-refractivity contribution in [3.63, 3.8) is 0 Å². The Morgan fingerprint density at radius 2 is 1.83 bits per heavy atom. The molecule has 0 bridgehead atoms. The van der Waals surface area contributed by atoms with Crippen molar-refractivity contribution in [2.75, 3.05) is 12.4 Å². The number of aryl methyl sites for hydroxylation is 1. The number of nitrogens with zero attached hydrogens (tertiary/aromatic N) is 3. The van der Waals surface area contributed by atoms with Gasteiger partial charge in [-0.2, -0.15) is 18.2 Å². The molecule has 6 nitrogen and oxygen atoms in total. The van der Waals surface area contributed by atoms with Gasteiger partial charge in [0.1, 0.15) is 0 Å². The van der Waals surface area contributed by atoms with Crippen LogP contribution in [0.4, 0.5) is 24.7 Å². The number of alkyl halides is 3. The average molecular weight is 337 g/mol. The molecule has 3 rings (SSSR count). The lowest BCUT2D eigenvalue weighted by atomic mass is 10.1. The first-order chi connectivity index (χ1) is 11.4. The second kappa shape index (κ2) is 5.99. The summed E-state index contributed by atoms with van der Waals surface area (Å²) in [6.07, 6.45) is -3.69. The van der Waals surface area contributed by atoms with Crippen LogP contribution in [-0.2, 0) is 12.6 Å². The van der Waals surface area contributed by atoms with Gasteiger partial charge in [-0.25, -0.2) is 9.97 Å². The standard InChI is InChI=1S/C15H14F3N5O/c1-3-8-4-6-9(7-5-8)19-12-13(24-2)21-11-10(20-12)22-14(23-11)15(16,17)18/h4-7H,3H2,1-2H3,(H2,19,20,21,22,23). The zero-order valence-electron chi connectivity index (χ0n) is 12.9. The summed E-state index contributed by atoms with van der Waals surface area (Å²) in [7, 11) is 1.36. The van der Waals surface area contributed by atoms with Crippen LogP contribution in [0.2, 0.25) is 0 Å². The Bertz CT molecular complexity index is 858. The summed E-state index contributed by atoms with van der Waals surface area (Å²) >= 11 is 0. The van der Waals surface area contributed by atoms with Gasteiger partial charge in [0, 0.05) is 5.69 Å². The number of methoxy groups -OCH3 is 1. The molecule has 0 spiro atoms. The van der Waals surface area contributed by atoms with Crippen LogP contribution in [-0.4, -0.2) is 27.0 Å². The van der Waals surface area contributed by atoms with Gasteiger partial charge in [-0.1, -0.05) is 19.1 Å². The second-order valence-corrected chi connectivity index (χ2v) is 5.01. The number of H-pyrrole nitrogens is 1. The minimum Gasteiger partial charge on any atom is -0.478 e. The number of aromatic nitrogens is 4. The van der Waals surface area contributed by atoms with Crippen LogP contribution in [0.3, 0.4) is 0 Å². The minimum absolute atomic E-state index is 0.0689. The molecular weight excluding hydrogens is 323 g/mol. The molecule has 0 saturated heterocycles. The molecule has 0 aliphatic carbocycles. The van der Waals surface area contributed by atoms with E-state index in [2.05, 4.69) is 25.3 Å². The first kappa shape index (κ1) is 16.0. The van der Waals surface area contributed by atoms with E-state index in [0.29, 0.717) is 5.69 Å². The maximum Gasteiger partial charge on any atom is 0.449 e. The number of rotatable bonds is 4. The summed E-state index contributed by atoms with van der Waals surface area (Å²) in [6, 6.07) is 7.57. The predicted molar refractivity (Wildman–Crippen MR) is 82.3 cm³/mol. The lowest BCUT2D eigenvalue weighted by Gasteiger charge is -2.09. The summed E-state index contributed by atoms with van der Waals surface area (Å²) < 4.78 is 43.3. The van der Waals surface area contributed by atoms with Gasteiger partial charge in [0.05, 0.1) is 7.11 Å². The van der Waals surface area contributed by atoms with Gasteiger partial charge >= 0.3 is 6.18 Å². The first-order valence-corrected chi connectivity index (χ1v) is 7.15. The van der Waals surface area contributed by atoms with Crippen molar-refractivity contribution in [1.82, 2.24) is 19.9 Å². The number of aromatic amines is 1. The zero-order valence-corrected chi connectivity index (χ0v) is 12.9. The van der Waals surface area contributed by atoms with E-state index in [1.54, 1.807) is 0 Å². The molecule has 0 aliphatic rings. The second-order valence-electron chi connectivity index (χ2n) is 5.01. The van der Waals surface area contributed by atoms with Crippen LogP contribution >= 0.6 is 0 Å². The third-order valence-electron chi connectivity index (χ3n) is 3.39. The number of hydrogen-bond donors (Lipinski definition) is 2. The number of fused-ring (bicyclic) bond motifs is 1. The van der Waals surface area contributed by atoms with Crippen molar-refractivity contribution < 1.29 is 17.9 Å². The van der Waals surface area contributed by atoms with E-state index in [1.807, 2.05) is 31.2 Å². The van der Waals surface area contributed by atoms with Gasteiger partial charge in [-0.3, -0.25) is 0 Å². The molecule has 0 amide bonds. The normalized spacial score (nSPS) is 11.7. The van der Waals surface area contributed by atoms with Gasteiger partial charge in [-0.15, -0.1) is 0 Å². The Kier molecular flexibility index (Phi) is 4.00. The molecule has 2 aromatic heterocycles. The van der Waals surface area contributed by atoms with Crippen molar-refractivity contribution in [3.05, 3.63) is 35.7 Å². The van der Waals surface area contributed by atoms with E-state index in [4.69, 9.17) is 4.74 Å². The Morgan fingerprint density at radius 3 is 2.42 bits per heavy atom. The molecule has 1 aromatic carbocycles. The minimum atomic E-state index is -4.60. The van der Waals surface area contributed by atoms with Crippen molar-refractivity contribution in [1.29, 1.82) is 0 Å². The molecule has 0 atom stereocenters. The number of nitrogens with one attached hydrogen (secondary N) is 2. The smallest absolute Gasteiger partial charge is 0.449 e. The molecule has 2 N–H and O–H groups in total. The summed E-state index contributed by atoms with van der Waals surface area (Å²) in [4.78, 5) is 13.6. The highest BCUT2D eigenvalue weighted by Gasteiger charge is 2.35. The molecular formula is C15H14F3N5O. The lowest BCUT2D eigenvalue weighted by Crippen LogP contribution is -2.06. The van der Waals surface area contributed by atoms with Crippen molar-refractivity contribution >= 4 is 22.8 Å². The maximum atomic E-state index is 12.7. The van der Waals surface area contributed by atoms with Crippen LogP contribution < -0.4 is 10.1 Å². The lowest BCUT2D eigenvalue weighted by molar-refractivity contribution is -0.144.